The predicted molar refractivity (Wildman–Crippen MR) is 95.6 cm³/mol. The highest BCUT2D eigenvalue weighted by Crippen LogP contribution is 2.12. The molecule has 0 radical (unpaired) electrons. The van der Waals surface area contributed by atoms with Gasteiger partial charge in [-0.1, -0.05) is 47.7 Å². The van der Waals surface area contributed by atoms with Crippen molar-refractivity contribution in [3.63, 3.8) is 0 Å². The second-order valence-electron chi connectivity index (χ2n) is 5.81. The van der Waals surface area contributed by atoms with Crippen LogP contribution >= 0.6 is 0 Å². The highest BCUT2D eigenvalue weighted by atomic mass is 16.5. The molecule has 0 unspecified atom stereocenters. The van der Waals surface area contributed by atoms with Crippen LogP contribution in [0.5, 0.6) is 0 Å². The standard InChI is InChI=1S/C19H22N4O2/c1-2-25-19(24)12-13-22(14-16-8-4-3-5-9-16)15-23-18-11-7-6-10-17(18)20-21-23/h3-11H,2,12-15H2,1H3. The normalized spacial score (nSPS) is 11.1. The zero-order chi connectivity index (χ0) is 17.5. The first kappa shape index (κ1) is 17.1. The summed E-state index contributed by atoms with van der Waals surface area (Å²) in [6.07, 6.45) is 0.354. The molecule has 6 nitrogen and oxygen atoms in total. The summed E-state index contributed by atoms with van der Waals surface area (Å²) in [5, 5.41) is 8.45. The molecule has 2 aromatic carbocycles. The first-order valence-electron chi connectivity index (χ1n) is 8.46. The van der Waals surface area contributed by atoms with Gasteiger partial charge in [0.15, 0.2) is 0 Å². The molecule has 1 heterocycles. The maximum absolute atomic E-state index is 11.7. The average Bonchev–Trinajstić information content (AvgIpc) is 3.04. The fourth-order valence-corrected chi connectivity index (χ4v) is 2.74. The summed E-state index contributed by atoms with van der Waals surface area (Å²) in [4.78, 5) is 13.9. The second-order valence-corrected chi connectivity index (χ2v) is 5.81. The number of rotatable bonds is 8. The Kier molecular flexibility index (Phi) is 5.74. The summed E-state index contributed by atoms with van der Waals surface area (Å²) in [6.45, 7) is 4.12. The van der Waals surface area contributed by atoms with Crippen molar-refractivity contribution in [2.45, 2.75) is 26.6 Å². The number of hydrogen-bond acceptors (Lipinski definition) is 5. The lowest BCUT2D eigenvalue weighted by Crippen LogP contribution is -2.29. The first-order valence-corrected chi connectivity index (χ1v) is 8.46. The van der Waals surface area contributed by atoms with E-state index in [2.05, 4.69) is 27.3 Å². The van der Waals surface area contributed by atoms with E-state index in [1.165, 1.54) is 5.56 Å². The molecule has 0 aliphatic rings. The topological polar surface area (TPSA) is 60.2 Å². The summed E-state index contributed by atoms with van der Waals surface area (Å²) in [5.41, 5.74) is 3.04. The number of esters is 1. The van der Waals surface area contributed by atoms with Crippen molar-refractivity contribution in [2.24, 2.45) is 0 Å². The Morgan fingerprint density at radius 1 is 1.12 bits per heavy atom. The molecule has 0 amide bonds. The van der Waals surface area contributed by atoms with Crippen LogP contribution in [-0.2, 0) is 22.7 Å². The van der Waals surface area contributed by atoms with Crippen molar-refractivity contribution in [1.82, 2.24) is 19.9 Å². The number of carbonyl (C=O) groups is 1. The number of nitrogens with zero attached hydrogens (tertiary/aromatic N) is 4. The molecule has 0 fully saturated rings. The Morgan fingerprint density at radius 2 is 1.88 bits per heavy atom. The molecular formula is C19H22N4O2. The van der Waals surface area contributed by atoms with E-state index in [0.717, 1.165) is 17.6 Å². The number of aromatic nitrogens is 3. The summed E-state index contributed by atoms with van der Waals surface area (Å²) >= 11 is 0. The molecule has 6 heteroatoms. The van der Waals surface area contributed by atoms with E-state index in [1.54, 1.807) is 0 Å². The fraction of sp³-hybridized carbons (Fsp3) is 0.316. The van der Waals surface area contributed by atoms with Gasteiger partial charge in [0.2, 0.25) is 0 Å². The van der Waals surface area contributed by atoms with Gasteiger partial charge in [-0.3, -0.25) is 9.69 Å². The van der Waals surface area contributed by atoms with Crippen LogP contribution in [0.15, 0.2) is 54.6 Å². The molecule has 3 aromatic rings. The number of fused-ring (bicyclic) bond motifs is 1. The third kappa shape index (κ3) is 4.64. The van der Waals surface area contributed by atoms with E-state index in [4.69, 9.17) is 4.74 Å². The highest BCUT2D eigenvalue weighted by Gasteiger charge is 2.13. The molecule has 0 spiro atoms. The lowest BCUT2D eigenvalue weighted by Gasteiger charge is -2.22. The first-order chi connectivity index (χ1) is 12.3. The molecule has 1 aromatic heterocycles. The molecule has 130 valence electrons. The molecule has 25 heavy (non-hydrogen) atoms. The molecule has 0 aliphatic heterocycles. The Labute approximate surface area is 147 Å². The van der Waals surface area contributed by atoms with Gasteiger partial charge in [-0.25, -0.2) is 4.68 Å². The summed E-state index contributed by atoms with van der Waals surface area (Å²) in [7, 11) is 0. The molecule has 3 rings (SSSR count). The smallest absolute Gasteiger partial charge is 0.307 e. The zero-order valence-corrected chi connectivity index (χ0v) is 14.3. The SMILES string of the molecule is CCOC(=O)CCN(Cc1ccccc1)Cn1nnc2ccccc21. The maximum atomic E-state index is 11.7. The molecule has 0 saturated carbocycles. The minimum Gasteiger partial charge on any atom is -0.466 e. The molecule has 0 atom stereocenters. The van der Waals surface area contributed by atoms with E-state index in [-0.39, 0.29) is 5.97 Å². The summed E-state index contributed by atoms with van der Waals surface area (Å²) in [5.74, 6) is -0.177. The van der Waals surface area contributed by atoms with Gasteiger partial charge in [-0.15, -0.1) is 5.10 Å². The Hall–Kier alpha value is -2.73. The van der Waals surface area contributed by atoms with E-state index in [0.29, 0.717) is 26.2 Å². The summed E-state index contributed by atoms with van der Waals surface area (Å²) in [6, 6.07) is 18.1. The summed E-state index contributed by atoms with van der Waals surface area (Å²) < 4.78 is 6.91. The molecule has 0 N–H and O–H groups in total. The van der Waals surface area contributed by atoms with Crippen LogP contribution < -0.4 is 0 Å². The van der Waals surface area contributed by atoms with Crippen LogP contribution in [0.25, 0.3) is 11.0 Å². The van der Waals surface area contributed by atoms with Crippen LogP contribution in [0.3, 0.4) is 0 Å². The van der Waals surface area contributed by atoms with E-state index < -0.39 is 0 Å². The van der Waals surface area contributed by atoms with Gasteiger partial charge in [0.1, 0.15) is 5.52 Å². The van der Waals surface area contributed by atoms with Crippen LogP contribution in [-0.4, -0.2) is 39.0 Å². The van der Waals surface area contributed by atoms with Gasteiger partial charge < -0.3 is 4.74 Å². The van der Waals surface area contributed by atoms with Crippen molar-refractivity contribution in [3.8, 4) is 0 Å². The number of benzene rings is 2. The van der Waals surface area contributed by atoms with Crippen LogP contribution in [0.1, 0.15) is 18.9 Å². The lowest BCUT2D eigenvalue weighted by molar-refractivity contribution is -0.143. The largest absolute Gasteiger partial charge is 0.466 e. The van der Waals surface area contributed by atoms with Gasteiger partial charge in [0, 0.05) is 13.1 Å². The van der Waals surface area contributed by atoms with Crippen LogP contribution in [0.4, 0.5) is 0 Å². The van der Waals surface area contributed by atoms with Crippen molar-refractivity contribution >= 4 is 17.0 Å². The van der Waals surface area contributed by atoms with Gasteiger partial charge in [-0.2, -0.15) is 0 Å². The monoisotopic (exact) mass is 338 g/mol. The average molecular weight is 338 g/mol. The van der Waals surface area contributed by atoms with Crippen molar-refractivity contribution in [1.29, 1.82) is 0 Å². The van der Waals surface area contributed by atoms with Crippen molar-refractivity contribution in [3.05, 3.63) is 60.2 Å². The fourth-order valence-electron chi connectivity index (χ4n) is 2.74. The molecular weight excluding hydrogens is 316 g/mol. The third-order valence-corrected chi connectivity index (χ3v) is 3.94. The van der Waals surface area contributed by atoms with E-state index in [1.807, 2.05) is 54.1 Å². The third-order valence-electron chi connectivity index (χ3n) is 3.94. The van der Waals surface area contributed by atoms with Gasteiger partial charge >= 0.3 is 5.97 Å². The quantitative estimate of drug-likeness (QED) is 0.591. The predicted octanol–water partition coefficient (Wildman–Crippen LogP) is 2.84. The number of carbonyl (C=O) groups excluding carboxylic acids is 1. The number of hydrogen-bond donors (Lipinski definition) is 0. The Morgan fingerprint density at radius 3 is 2.68 bits per heavy atom. The Bertz CT molecular complexity index is 816. The minimum atomic E-state index is -0.177. The molecule has 0 saturated heterocycles. The van der Waals surface area contributed by atoms with E-state index in [9.17, 15) is 4.79 Å². The van der Waals surface area contributed by atoms with Crippen LogP contribution in [0.2, 0.25) is 0 Å². The molecule has 0 aliphatic carbocycles. The van der Waals surface area contributed by atoms with Gasteiger partial charge in [-0.05, 0) is 24.6 Å². The van der Waals surface area contributed by atoms with Crippen LogP contribution in [0, 0.1) is 0 Å². The number of para-hydroxylation sites is 1. The lowest BCUT2D eigenvalue weighted by atomic mass is 10.2. The van der Waals surface area contributed by atoms with Gasteiger partial charge in [0.05, 0.1) is 25.2 Å². The Balaban J connectivity index is 1.74. The molecule has 0 bridgehead atoms. The van der Waals surface area contributed by atoms with Crippen molar-refractivity contribution in [2.75, 3.05) is 13.2 Å². The van der Waals surface area contributed by atoms with E-state index >= 15 is 0 Å². The highest BCUT2D eigenvalue weighted by molar-refractivity contribution is 5.73. The van der Waals surface area contributed by atoms with Gasteiger partial charge in [0.25, 0.3) is 0 Å². The minimum absolute atomic E-state index is 0.177. The zero-order valence-electron chi connectivity index (χ0n) is 14.3. The maximum Gasteiger partial charge on any atom is 0.307 e. The second kappa shape index (κ2) is 8.39. The van der Waals surface area contributed by atoms with Crippen molar-refractivity contribution < 1.29 is 9.53 Å². The number of ether oxygens (including phenoxy) is 1.